The predicted octanol–water partition coefficient (Wildman–Crippen LogP) is 3.00. The Morgan fingerprint density at radius 3 is 2.33 bits per heavy atom. The third kappa shape index (κ3) is 5.53. The summed E-state index contributed by atoms with van der Waals surface area (Å²) in [6.07, 6.45) is 5.21. The molecular formula is C16H23NO4. The number of nitrogens with zero attached hydrogens (tertiary/aromatic N) is 1. The predicted molar refractivity (Wildman–Crippen MR) is 79.0 cm³/mol. The van der Waals surface area contributed by atoms with Crippen LogP contribution < -0.4 is 0 Å². The monoisotopic (exact) mass is 293 g/mol. The zero-order valence-electron chi connectivity index (χ0n) is 12.6. The SMILES string of the molecule is CC(C)CC(CCCc1ccncc1)(CC(=O)O)C(=O)O. The average Bonchev–Trinajstić information content (AvgIpc) is 2.38. The summed E-state index contributed by atoms with van der Waals surface area (Å²) in [7, 11) is 0. The smallest absolute Gasteiger partial charge is 0.310 e. The van der Waals surface area contributed by atoms with Crippen molar-refractivity contribution in [2.75, 3.05) is 0 Å². The van der Waals surface area contributed by atoms with Crippen LogP contribution in [0.15, 0.2) is 24.5 Å². The van der Waals surface area contributed by atoms with Crippen LogP contribution in [-0.4, -0.2) is 27.1 Å². The third-order valence-electron chi connectivity index (χ3n) is 3.61. The molecule has 5 heteroatoms. The maximum atomic E-state index is 11.7. The molecule has 0 radical (unpaired) electrons. The van der Waals surface area contributed by atoms with Crippen LogP contribution in [-0.2, 0) is 16.0 Å². The molecule has 0 amide bonds. The molecule has 5 nitrogen and oxygen atoms in total. The second-order valence-electron chi connectivity index (χ2n) is 5.96. The summed E-state index contributed by atoms with van der Waals surface area (Å²) in [5.41, 5.74) is -0.0864. The van der Waals surface area contributed by atoms with Gasteiger partial charge < -0.3 is 10.2 Å². The van der Waals surface area contributed by atoms with Gasteiger partial charge in [0.05, 0.1) is 11.8 Å². The molecule has 2 N–H and O–H groups in total. The van der Waals surface area contributed by atoms with Crippen molar-refractivity contribution in [1.82, 2.24) is 4.98 Å². The van der Waals surface area contributed by atoms with Gasteiger partial charge in [-0.1, -0.05) is 13.8 Å². The third-order valence-corrected chi connectivity index (χ3v) is 3.61. The summed E-state index contributed by atoms with van der Waals surface area (Å²) in [6, 6.07) is 3.78. The molecule has 116 valence electrons. The molecule has 0 saturated heterocycles. The maximum Gasteiger partial charge on any atom is 0.310 e. The van der Waals surface area contributed by atoms with Crippen molar-refractivity contribution in [1.29, 1.82) is 0 Å². The highest BCUT2D eigenvalue weighted by Crippen LogP contribution is 2.36. The first-order valence-corrected chi connectivity index (χ1v) is 7.20. The van der Waals surface area contributed by atoms with Gasteiger partial charge in [-0.25, -0.2) is 0 Å². The van der Waals surface area contributed by atoms with Crippen molar-refractivity contribution in [3.63, 3.8) is 0 Å². The van der Waals surface area contributed by atoms with Crippen LogP contribution in [0.2, 0.25) is 0 Å². The largest absolute Gasteiger partial charge is 0.481 e. The molecule has 1 rings (SSSR count). The summed E-state index contributed by atoms with van der Waals surface area (Å²) in [5, 5.41) is 18.6. The topological polar surface area (TPSA) is 87.5 Å². The van der Waals surface area contributed by atoms with Gasteiger partial charge in [0.2, 0.25) is 0 Å². The van der Waals surface area contributed by atoms with Crippen LogP contribution in [0, 0.1) is 11.3 Å². The number of carboxylic acids is 2. The molecule has 1 heterocycles. The van der Waals surface area contributed by atoms with E-state index in [9.17, 15) is 14.7 Å². The second-order valence-corrected chi connectivity index (χ2v) is 5.96. The van der Waals surface area contributed by atoms with Gasteiger partial charge in [-0.05, 0) is 49.3 Å². The number of aromatic nitrogens is 1. The maximum absolute atomic E-state index is 11.7. The van der Waals surface area contributed by atoms with Gasteiger partial charge >= 0.3 is 11.9 Å². The Morgan fingerprint density at radius 2 is 1.86 bits per heavy atom. The summed E-state index contributed by atoms with van der Waals surface area (Å²) in [5.74, 6) is -1.92. The lowest BCUT2D eigenvalue weighted by Gasteiger charge is -2.29. The minimum atomic E-state index is -1.17. The van der Waals surface area contributed by atoms with E-state index in [-0.39, 0.29) is 12.3 Å². The minimum absolute atomic E-state index is 0.140. The lowest BCUT2D eigenvalue weighted by Crippen LogP contribution is -2.35. The summed E-state index contributed by atoms with van der Waals surface area (Å²) < 4.78 is 0. The van der Waals surface area contributed by atoms with E-state index in [0.29, 0.717) is 19.3 Å². The van der Waals surface area contributed by atoms with Gasteiger partial charge in [0, 0.05) is 12.4 Å². The standard InChI is InChI=1S/C16H23NO4/c1-12(2)10-16(15(20)21,11-14(18)19)7-3-4-13-5-8-17-9-6-13/h5-6,8-9,12H,3-4,7,10-11H2,1-2H3,(H,18,19)(H,20,21). The molecule has 1 atom stereocenters. The van der Waals surface area contributed by atoms with Crippen molar-refractivity contribution < 1.29 is 19.8 Å². The van der Waals surface area contributed by atoms with E-state index in [1.165, 1.54) is 0 Å². The van der Waals surface area contributed by atoms with Crippen LogP contribution in [0.25, 0.3) is 0 Å². The van der Waals surface area contributed by atoms with Gasteiger partial charge in [0.1, 0.15) is 0 Å². The van der Waals surface area contributed by atoms with E-state index in [1.54, 1.807) is 12.4 Å². The Morgan fingerprint density at radius 1 is 1.24 bits per heavy atom. The molecule has 0 fully saturated rings. The number of pyridine rings is 1. The van der Waals surface area contributed by atoms with Gasteiger partial charge in [0.25, 0.3) is 0 Å². The zero-order valence-corrected chi connectivity index (χ0v) is 12.6. The van der Waals surface area contributed by atoms with Crippen molar-refractivity contribution in [2.45, 2.75) is 46.0 Å². The molecule has 0 aliphatic carbocycles. The fourth-order valence-electron chi connectivity index (χ4n) is 2.78. The van der Waals surface area contributed by atoms with Gasteiger partial charge in [0.15, 0.2) is 0 Å². The molecule has 0 saturated carbocycles. The molecule has 0 bridgehead atoms. The Labute approximate surface area is 125 Å². The number of hydrogen-bond acceptors (Lipinski definition) is 3. The van der Waals surface area contributed by atoms with E-state index in [1.807, 2.05) is 26.0 Å². The zero-order chi connectivity index (χ0) is 15.9. The number of aryl methyl sites for hydroxylation is 1. The highest BCUT2D eigenvalue weighted by Gasteiger charge is 2.40. The first-order chi connectivity index (χ1) is 9.85. The van der Waals surface area contributed by atoms with E-state index in [4.69, 9.17) is 5.11 Å². The molecule has 0 spiro atoms. The molecule has 0 aliphatic heterocycles. The van der Waals surface area contributed by atoms with Crippen LogP contribution in [0.1, 0.15) is 45.1 Å². The normalized spacial score (nSPS) is 13.9. The Kier molecular flexibility index (Phi) is 6.34. The van der Waals surface area contributed by atoms with Crippen LogP contribution in [0.5, 0.6) is 0 Å². The molecule has 1 aromatic rings. The second kappa shape index (κ2) is 7.76. The van der Waals surface area contributed by atoms with Gasteiger partial charge in [-0.2, -0.15) is 0 Å². The summed E-state index contributed by atoms with van der Waals surface area (Å²) in [6.45, 7) is 3.84. The fraction of sp³-hybridized carbons (Fsp3) is 0.562. The van der Waals surface area contributed by atoms with E-state index < -0.39 is 17.4 Å². The number of carbonyl (C=O) groups is 2. The van der Waals surface area contributed by atoms with Crippen molar-refractivity contribution in [3.8, 4) is 0 Å². The molecule has 0 aromatic carbocycles. The minimum Gasteiger partial charge on any atom is -0.481 e. The van der Waals surface area contributed by atoms with E-state index in [2.05, 4.69) is 4.98 Å². The van der Waals surface area contributed by atoms with Gasteiger partial charge in [-0.3, -0.25) is 14.6 Å². The fourth-order valence-corrected chi connectivity index (χ4v) is 2.78. The molecule has 21 heavy (non-hydrogen) atoms. The number of rotatable bonds is 9. The Hall–Kier alpha value is -1.91. The first-order valence-electron chi connectivity index (χ1n) is 7.20. The van der Waals surface area contributed by atoms with Crippen LogP contribution in [0.3, 0.4) is 0 Å². The van der Waals surface area contributed by atoms with Crippen molar-refractivity contribution in [2.24, 2.45) is 11.3 Å². The van der Waals surface area contributed by atoms with Crippen molar-refractivity contribution >= 4 is 11.9 Å². The van der Waals surface area contributed by atoms with Crippen LogP contribution in [0.4, 0.5) is 0 Å². The quantitative estimate of drug-likeness (QED) is 0.730. The molecule has 1 aromatic heterocycles. The molecule has 1 unspecified atom stereocenters. The summed E-state index contributed by atoms with van der Waals surface area (Å²) >= 11 is 0. The average molecular weight is 293 g/mol. The Bertz CT molecular complexity index is 472. The lowest BCUT2D eigenvalue weighted by atomic mass is 9.73. The van der Waals surface area contributed by atoms with E-state index >= 15 is 0 Å². The number of hydrogen-bond donors (Lipinski definition) is 2. The van der Waals surface area contributed by atoms with E-state index in [0.717, 1.165) is 12.0 Å². The van der Waals surface area contributed by atoms with Gasteiger partial charge in [-0.15, -0.1) is 0 Å². The number of carboxylic acid groups (broad SMARTS) is 2. The van der Waals surface area contributed by atoms with Crippen molar-refractivity contribution in [3.05, 3.63) is 30.1 Å². The lowest BCUT2D eigenvalue weighted by molar-refractivity contribution is -0.157. The Balaban J connectivity index is 2.75. The molecular weight excluding hydrogens is 270 g/mol. The molecule has 0 aliphatic rings. The summed E-state index contributed by atoms with van der Waals surface area (Å²) in [4.78, 5) is 26.7. The first kappa shape index (κ1) is 17.1. The highest BCUT2D eigenvalue weighted by atomic mass is 16.4. The van der Waals surface area contributed by atoms with Crippen LogP contribution >= 0.6 is 0 Å². The highest BCUT2D eigenvalue weighted by molar-refractivity contribution is 5.81. The number of aliphatic carboxylic acids is 2.